The highest BCUT2D eigenvalue weighted by molar-refractivity contribution is 6.01. The summed E-state index contributed by atoms with van der Waals surface area (Å²) in [6.07, 6.45) is 6.90. The molecule has 5 rings (SSSR count). The van der Waals surface area contributed by atoms with Crippen LogP contribution in [0.25, 0.3) is 5.52 Å². The maximum atomic E-state index is 14.5. The van der Waals surface area contributed by atoms with Crippen LogP contribution in [-0.4, -0.2) is 53.1 Å². The summed E-state index contributed by atoms with van der Waals surface area (Å²) >= 11 is 0. The Morgan fingerprint density at radius 1 is 1.09 bits per heavy atom. The van der Waals surface area contributed by atoms with Crippen LogP contribution in [0.1, 0.15) is 47.6 Å². The van der Waals surface area contributed by atoms with E-state index in [9.17, 15) is 13.6 Å². The minimum absolute atomic E-state index is 0.124. The number of carbonyl (C=O) groups is 1. The van der Waals surface area contributed by atoms with Crippen LogP contribution in [0.3, 0.4) is 0 Å². The number of aromatic nitrogens is 2. The van der Waals surface area contributed by atoms with E-state index in [1.165, 1.54) is 12.1 Å². The maximum absolute atomic E-state index is 14.5. The Labute approximate surface area is 185 Å². The van der Waals surface area contributed by atoms with Crippen molar-refractivity contribution in [3.63, 3.8) is 0 Å². The van der Waals surface area contributed by atoms with Gasteiger partial charge in [-0.1, -0.05) is 0 Å². The lowest BCUT2D eigenvalue weighted by atomic mass is 10.0. The molecule has 0 bridgehead atoms. The number of benzene rings is 1. The molecule has 1 aromatic carbocycles. The van der Waals surface area contributed by atoms with Crippen molar-refractivity contribution in [1.29, 1.82) is 0 Å². The summed E-state index contributed by atoms with van der Waals surface area (Å²) in [5.74, 6) is -0.958. The summed E-state index contributed by atoms with van der Waals surface area (Å²) in [5.41, 5.74) is 2.48. The topological polar surface area (TPSA) is 52.9 Å². The number of halogens is 2. The van der Waals surface area contributed by atoms with E-state index in [4.69, 9.17) is 0 Å². The molecule has 0 radical (unpaired) electrons. The molecule has 8 heteroatoms. The van der Waals surface area contributed by atoms with Gasteiger partial charge in [-0.05, 0) is 76.2 Å². The maximum Gasteiger partial charge on any atom is 0.255 e. The number of piperidine rings is 1. The average Bonchev–Trinajstić information content (AvgIpc) is 3.43. The van der Waals surface area contributed by atoms with E-state index >= 15 is 0 Å². The molecule has 2 aliphatic rings. The third-order valence-electron chi connectivity index (χ3n) is 6.71. The van der Waals surface area contributed by atoms with E-state index in [0.29, 0.717) is 16.6 Å². The minimum atomic E-state index is -0.438. The van der Waals surface area contributed by atoms with Gasteiger partial charge in [0.2, 0.25) is 0 Å². The summed E-state index contributed by atoms with van der Waals surface area (Å²) in [6, 6.07) is 7.37. The molecule has 2 saturated heterocycles. The number of rotatable bonds is 4. The molecule has 32 heavy (non-hydrogen) atoms. The van der Waals surface area contributed by atoms with E-state index in [1.807, 2.05) is 18.3 Å². The highest BCUT2D eigenvalue weighted by Crippen LogP contribution is 2.38. The number of nitrogens with zero attached hydrogens (tertiary/aromatic N) is 4. The van der Waals surface area contributed by atoms with Crippen molar-refractivity contribution in [2.24, 2.45) is 0 Å². The van der Waals surface area contributed by atoms with Gasteiger partial charge < -0.3 is 15.1 Å². The predicted octanol–water partition coefficient (Wildman–Crippen LogP) is 3.78. The minimum Gasteiger partial charge on any atom is -0.364 e. The normalized spacial score (nSPS) is 20.2. The van der Waals surface area contributed by atoms with Crippen molar-refractivity contribution >= 4 is 17.1 Å². The lowest BCUT2D eigenvalue weighted by molar-refractivity contribution is 0.0918. The first-order valence-corrected chi connectivity index (χ1v) is 11.2. The Morgan fingerprint density at radius 3 is 2.72 bits per heavy atom. The number of nitrogens with one attached hydrogen (secondary N) is 1. The predicted molar refractivity (Wildman–Crippen MR) is 119 cm³/mol. The molecule has 2 aromatic heterocycles. The Kier molecular flexibility index (Phi) is 5.55. The second-order valence-electron chi connectivity index (χ2n) is 8.84. The molecule has 4 heterocycles. The molecule has 0 spiro atoms. The smallest absolute Gasteiger partial charge is 0.255 e. The average molecular weight is 440 g/mol. The molecule has 0 saturated carbocycles. The fourth-order valence-electron chi connectivity index (χ4n) is 4.91. The molecular formula is C24H27F2N5O. The monoisotopic (exact) mass is 439 g/mol. The first-order valence-electron chi connectivity index (χ1n) is 11.2. The highest BCUT2D eigenvalue weighted by Gasteiger charge is 2.29. The molecule has 3 aromatic rings. The zero-order chi connectivity index (χ0) is 22.2. The molecule has 2 fully saturated rings. The lowest BCUT2D eigenvalue weighted by Gasteiger charge is -2.29. The molecule has 0 aliphatic carbocycles. The summed E-state index contributed by atoms with van der Waals surface area (Å²) in [5, 5.41) is 7.48. The van der Waals surface area contributed by atoms with Crippen molar-refractivity contribution in [1.82, 2.24) is 19.8 Å². The van der Waals surface area contributed by atoms with Gasteiger partial charge in [-0.25, -0.2) is 13.3 Å². The summed E-state index contributed by atoms with van der Waals surface area (Å²) in [6.45, 7) is 2.68. The van der Waals surface area contributed by atoms with Crippen molar-refractivity contribution < 1.29 is 13.6 Å². The molecule has 0 unspecified atom stereocenters. The Bertz CT molecular complexity index is 1140. The molecular weight excluding hydrogens is 412 g/mol. The number of hydrogen-bond acceptors (Lipinski definition) is 4. The van der Waals surface area contributed by atoms with Gasteiger partial charge in [0.15, 0.2) is 0 Å². The number of likely N-dealkylation sites (tertiary alicyclic amines) is 1. The molecule has 2 aliphatic heterocycles. The Balaban J connectivity index is 1.42. The molecule has 1 amide bonds. The number of fused-ring (bicyclic) bond motifs is 1. The van der Waals surface area contributed by atoms with E-state index < -0.39 is 11.6 Å². The van der Waals surface area contributed by atoms with Gasteiger partial charge in [0.25, 0.3) is 5.91 Å². The van der Waals surface area contributed by atoms with Gasteiger partial charge in [0.1, 0.15) is 11.6 Å². The molecule has 6 nitrogen and oxygen atoms in total. The van der Waals surface area contributed by atoms with Crippen LogP contribution in [0.15, 0.2) is 42.7 Å². The Morgan fingerprint density at radius 2 is 1.91 bits per heavy atom. The van der Waals surface area contributed by atoms with Crippen LogP contribution in [0, 0.1) is 11.6 Å². The fraction of sp³-hybridized carbons (Fsp3) is 0.417. The lowest BCUT2D eigenvalue weighted by Crippen LogP contribution is -2.43. The number of pyridine rings is 1. The SMILES string of the molecule is CN1CCC(NC(=O)c2cnn3ccc(N4CCC[C@@H]4c4cc(F)ccc4F)cc23)CC1. The molecule has 1 atom stereocenters. The van der Waals surface area contributed by atoms with Crippen LogP contribution in [0.4, 0.5) is 14.5 Å². The van der Waals surface area contributed by atoms with Gasteiger partial charge in [0, 0.05) is 30.0 Å². The Hall–Kier alpha value is -3.00. The van der Waals surface area contributed by atoms with Crippen LogP contribution in [-0.2, 0) is 0 Å². The van der Waals surface area contributed by atoms with Gasteiger partial charge in [-0.3, -0.25) is 4.79 Å². The van der Waals surface area contributed by atoms with Crippen LogP contribution in [0.2, 0.25) is 0 Å². The number of carbonyl (C=O) groups excluding carboxylic acids is 1. The molecule has 1 N–H and O–H groups in total. The van der Waals surface area contributed by atoms with E-state index in [-0.39, 0.29) is 18.0 Å². The van der Waals surface area contributed by atoms with Crippen molar-refractivity contribution in [2.45, 2.75) is 37.8 Å². The summed E-state index contributed by atoms with van der Waals surface area (Å²) in [4.78, 5) is 17.3. The number of hydrogen-bond donors (Lipinski definition) is 1. The largest absolute Gasteiger partial charge is 0.364 e. The quantitative estimate of drug-likeness (QED) is 0.672. The first kappa shape index (κ1) is 20.9. The number of amides is 1. The fourth-order valence-corrected chi connectivity index (χ4v) is 4.91. The van der Waals surface area contributed by atoms with Crippen molar-refractivity contribution in [2.75, 3.05) is 31.6 Å². The van der Waals surface area contributed by atoms with E-state index in [2.05, 4.69) is 27.3 Å². The van der Waals surface area contributed by atoms with Gasteiger partial charge in [0.05, 0.1) is 23.3 Å². The van der Waals surface area contributed by atoms with Gasteiger partial charge in [-0.2, -0.15) is 5.10 Å². The third kappa shape index (κ3) is 3.95. The molecule has 168 valence electrons. The van der Waals surface area contributed by atoms with Crippen LogP contribution >= 0.6 is 0 Å². The van der Waals surface area contributed by atoms with Crippen molar-refractivity contribution in [3.05, 3.63) is 65.5 Å². The summed E-state index contributed by atoms with van der Waals surface area (Å²) < 4.78 is 30.0. The second kappa shape index (κ2) is 8.50. The van der Waals surface area contributed by atoms with E-state index in [1.54, 1.807) is 10.7 Å². The van der Waals surface area contributed by atoms with Crippen molar-refractivity contribution in [3.8, 4) is 0 Å². The van der Waals surface area contributed by atoms with E-state index in [0.717, 1.165) is 57.1 Å². The number of anilines is 1. The van der Waals surface area contributed by atoms with Crippen LogP contribution in [0.5, 0.6) is 0 Å². The first-order chi connectivity index (χ1) is 15.5. The standard InChI is InChI=1S/C24H27F2N5O/c1-29-10-6-17(7-11-29)28-24(32)20-15-27-31-12-8-18(14-23(20)31)30-9-2-3-22(30)19-13-16(25)4-5-21(19)26/h4-5,8,12-15,17,22H,2-3,6-7,9-11H2,1H3,(H,28,32)/t22-/m1/s1. The highest BCUT2D eigenvalue weighted by atomic mass is 19.1. The van der Waals surface area contributed by atoms with Gasteiger partial charge >= 0.3 is 0 Å². The summed E-state index contributed by atoms with van der Waals surface area (Å²) in [7, 11) is 2.09. The third-order valence-corrected chi connectivity index (χ3v) is 6.71. The van der Waals surface area contributed by atoms with Crippen LogP contribution < -0.4 is 10.2 Å². The zero-order valence-electron chi connectivity index (χ0n) is 18.1. The van der Waals surface area contributed by atoms with Gasteiger partial charge in [-0.15, -0.1) is 0 Å². The second-order valence-corrected chi connectivity index (χ2v) is 8.84. The zero-order valence-corrected chi connectivity index (χ0v) is 18.1.